The van der Waals surface area contributed by atoms with Gasteiger partial charge in [0.2, 0.25) is 11.8 Å². The maximum absolute atomic E-state index is 13.2. The highest BCUT2D eigenvalue weighted by molar-refractivity contribution is 6.30. The second-order valence-electron chi connectivity index (χ2n) is 7.62. The summed E-state index contributed by atoms with van der Waals surface area (Å²) in [6.45, 7) is 2.03. The Balaban J connectivity index is 1.76. The molecule has 0 aliphatic heterocycles. The van der Waals surface area contributed by atoms with Gasteiger partial charge in [-0.2, -0.15) is 0 Å². The molecule has 2 aromatic rings. The number of amides is 2. The number of rotatable bonds is 7. The third-order valence-electron chi connectivity index (χ3n) is 5.38. The van der Waals surface area contributed by atoms with E-state index in [-0.39, 0.29) is 36.6 Å². The van der Waals surface area contributed by atoms with Crippen LogP contribution < -0.4 is 5.32 Å². The van der Waals surface area contributed by atoms with Gasteiger partial charge >= 0.3 is 0 Å². The number of carbonyl (C=O) groups excluding carboxylic acids is 2. The average molecular weight is 417 g/mol. The smallest absolute Gasteiger partial charge is 0.242 e. The minimum absolute atomic E-state index is 0.0991. The van der Waals surface area contributed by atoms with Crippen LogP contribution >= 0.6 is 11.6 Å². The van der Waals surface area contributed by atoms with Crippen molar-refractivity contribution in [2.24, 2.45) is 0 Å². The molecule has 0 aromatic heterocycles. The maximum atomic E-state index is 13.2. The Morgan fingerprint density at radius 1 is 1.14 bits per heavy atom. The van der Waals surface area contributed by atoms with Crippen molar-refractivity contribution in [1.29, 1.82) is 0 Å². The van der Waals surface area contributed by atoms with Crippen molar-refractivity contribution in [3.63, 3.8) is 0 Å². The summed E-state index contributed by atoms with van der Waals surface area (Å²) < 4.78 is 13.2. The fraction of sp³-hybridized carbons (Fsp3) is 0.391. The van der Waals surface area contributed by atoms with Crippen LogP contribution in [-0.4, -0.2) is 28.8 Å². The number of halogens is 2. The molecule has 1 N–H and O–H groups in total. The van der Waals surface area contributed by atoms with Gasteiger partial charge in [-0.15, -0.1) is 0 Å². The molecule has 1 atom stereocenters. The lowest BCUT2D eigenvalue weighted by Crippen LogP contribution is -2.50. The van der Waals surface area contributed by atoms with Crippen LogP contribution in [-0.2, 0) is 22.6 Å². The predicted molar refractivity (Wildman–Crippen MR) is 112 cm³/mol. The molecule has 2 amide bonds. The fourth-order valence-electron chi connectivity index (χ4n) is 3.69. The lowest BCUT2D eigenvalue weighted by molar-refractivity contribution is -0.140. The molecule has 29 heavy (non-hydrogen) atoms. The van der Waals surface area contributed by atoms with Crippen molar-refractivity contribution in [2.45, 2.75) is 57.7 Å². The Bertz CT molecular complexity index is 850. The minimum atomic E-state index is -0.623. The first-order valence-corrected chi connectivity index (χ1v) is 10.4. The molecule has 0 unspecified atom stereocenters. The van der Waals surface area contributed by atoms with Crippen LogP contribution in [0.15, 0.2) is 48.5 Å². The quantitative estimate of drug-likeness (QED) is 0.722. The zero-order chi connectivity index (χ0) is 20.8. The van der Waals surface area contributed by atoms with Gasteiger partial charge in [-0.1, -0.05) is 48.7 Å². The molecule has 1 saturated carbocycles. The lowest BCUT2D eigenvalue weighted by atomic mass is 10.1. The van der Waals surface area contributed by atoms with Crippen molar-refractivity contribution >= 4 is 23.4 Å². The van der Waals surface area contributed by atoms with Crippen molar-refractivity contribution in [1.82, 2.24) is 10.2 Å². The van der Waals surface area contributed by atoms with E-state index in [0.717, 1.165) is 31.2 Å². The highest BCUT2D eigenvalue weighted by atomic mass is 35.5. The molecule has 0 spiro atoms. The number of benzene rings is 2. The van der Waals surface area contributed by atoms with E-state index in [9.17, 15) is 14.0 Å². The molecule has 1 fully saturated rings. The summed E-state index contributed by atoms with van der Waals surface area (Å²) in [6, 6.07) is 12.7. The molecule has 1 aliphatic rings. The number of nitrogens with zero attached hydrogens (tertiary/aromatic N) is 1. The molecule has 4 nitrogen and oxygen atoms in total. The summed E-state index contributed by atoms with van der Waals surface area (Å²) in [6.07, 6.45) is 4.30. The molecule has 154 valence electrons. The lowest BCUT2D eigenvalue weighted by Gasteiger charge is -2.30. The van der Waals surface area contributed by atoms with E-state index in [1.165, 1.54) is 12.1 Å². The number of hydrogen-bond acceptors (Lipinski definition) is 2. The van der Waals surface area contributed by atoms with Crippen molar-refractivity contribution in [2.75, 3.05) is 0 Å². The minimum Gasteiger partial charge on any atom is -0.352 e. The summed E-state index contributed by atoms with van der Waals surface area (Å²) >= 11 is 6.09. The van der Waals surface area contributed by atoms with Gasteiger partial charge in [-0.25, -0.2) is 4.39 Å². The zero-order valence-electron chi connectivity index (χ0n) is 16.5. The van der Waals surface area contributed by atoms with Crippen LogP contribution in [0.5, 0.6) is 0 Å². The van der Waals surface area contributed by atoms with Crippen LogP contribution in [0.2, 0.25) is 5.02 Å². The van der Waals surface area contributed by atoms with Gasteiger partial charge in [0, 0.05) is 17.6 Å². The molecule has 0 heterocycles. The third kappa shape index (κ3) is 6.04. The van der Waals surface area contributed by atoms with Gasteiger partial charge in [0.05, 0.1) is 6.42 Å². The van der Waals surface area contributed by atoms with Crippen LogP contribution in [0.25, 0.3) is 0 Å². The van der Waals surface area contributed by atoms with Gasteiger partial charge < -0.3 is 10.2 Å². The SMILES string of the molecule is C[C@H](C(=O)NC1CCCC1)N(Cc1cccc(Cl)c1)C(=O)Cc1ccc(F)cc1. The summed E-state index contributed by atoms with van der Waals surface area (Å²) in [7, 11) is 0. The standard InChI is InChI=1S/C23H26ClFN2O2/c1-16(23(29)26-21-7-2-3-8-21)27(15-18-5-4-6-19(24)13-18)22(28)14-17-9-11-20(25)12-10-17/h4-6,9-13,16,21H,2-3,7-8,14-15H2,1H3,(H,26,29)/t16-/m1/s1. The number of nitrogens with one attached hydrogen (secondary N) is 1. The van der Waals surface area contributed by atoms with E-state index < -0.39 is 6.04 Å². The molecule has 0 bridgehead atoms. The van der Waals surface area contributed by atoms with Crippen LogP contribution in [0, 0.1) is 5.82 Å². The zero-order valence-corrected chi connectivity index (χ0v) is 17.3. The first kappa shape index (κ1) is 21.3. The van der Waals surface area contributed by atoms with Crippen molar-refractivity contribution in [3.05, 3.63) is 70.5 Å². The normalized spacial score (nSPS) is 15.1. The Hall–Kier alpha value is -2.40. The molecule has 0 saturated heterocycles. The van der Waals surface area contributed by atoms with Crippen LogP contribution in [0.3, 0.4) is 0 Å². The van der Waals surface area contributed by atoms with E-state index in [4.69, 9.17) is 11.6 Å². The maximum Gasteiger partial charge on any atom is 0.242 e. The van der Waals surface area contributed by atoms with Gasteiger partial charge in [-0.05, 0) is 55.2 Å². The van der Waals surface area contributed by atoms with E-state index in [2.05, 4.69) is 5.32 Å². The Kier molecular flexibility index (Phi) is 7.26. The van der Waals surface area contributed by atoms with Gasteiger partial charge in [0.15, 0.2) is 0 Å². The van der Waals surface area contributed by atoms with E-state index in [1.54, 1.807) is 36.1 Å². The van der Waals surface area contributed by atoms with E-state index >= 15 is 0 Å². The van der Waals surface area contributed by atoms with Gasteiger partial charge in [0.1, 0.15) is 11.9 Å². The van der Waals surface area contributed by atoms with Crippen molar-refractivity contribution < 1.29 is 14.0 Å². The molecule has 2 aromatic carbocycles. The largest absolute Gasteiger partial charge is 0.352 e. The van der Waals surface area contributed by atoms with Crippen LogP contribution in [0.1, 0.15) is 43.7 Å². The van der Waals surface area contributed by atoms with Gasteiger partial charge in [0.25, 0.3) is 0 Å². The number of hydrogen-bond donors (Lipinski definition) is 1. The Morgan fingerprint density at radius 2 is 1.83 bits per heavy atom. The molecule has 0 radical (unpaired) electrons. The fourth-order valence-corrected chi connectivity index (χ4v) is 3.90. The highest BCUT2D eigenvalue weighted by Crippen LogP contribution is 2.19. The molecule has 1 aliphatic carbocycles. The van der Waals surface area contributed by atoms with E-state index in [0.29, 0.717) is 10.6 Å². The highest BCUT2D eigenvalue weighted by Gasteiger charge is 2.28. The summed E-state index contributed by atoms with van der Waals surface area (Å²) in [5.41, 5.74) is 1.56. The number of carbonyl (C=O) groups is 2. The predicted octanol–water partition coefficient (Wildman–Crippen LogP) is 4.50. The second kappa shape index (κ2) is 9.88. The van der Waals surface area contributed by atoms with Crippen LogP contribution in [0.4, 0.5) is 4.39 Å². The second-order valence-corrected chi connectivity index (χ2v) is 8.06. The molecule has 6 heteroatoms. The average Bonchev–Trinajstić information content (AvgIpc) is 3.20. The summed E-state index contributed by atoms with van der Waals surface area (Å²) in [5.74, 6) is -0.682. The first-order chi connectivity index (χ1) is 13.9. The molecule has 3 rings (SSSR count). The monoisotopic (exact) mass is 416 g/mol. The molecular formula is C23H26ClFN2O2. The summed E-state index contributed by atoms with van der Waals surface area (Å²) in [5, 5.41) is 3.65. The van der Waals surface area contributed by atoms with E-state index in [1.807, 2.05) is 12.1 Å². The summed E-state index contributed by atoms with van der Waals surface area (Å²) in [4.78, 5) is 27.5. The third-order valence-corrected chi connectivity index (χ3v) is 5.61. The topological polar surface area (TPSA) is 49.4 Å². The Morgan fingerprint density at radius 3 is 2.48 bits per heavy atom. The Labute approximate surface area is 176 Å². The van der Waals surface area contributed by atoms with Gasteiger partial charge in [-0.3, -0.25) is 9.59 Å². The van der Waals surface area contributed by atoms with Crippen molar-refractivity contribution in [3.8, 4) is 0 Å². The first-order valence-electron chi connectivity index (χ1n) is 10.0. The molecular weight excluding hydrogens is 391 g/mol.